The highest BCUT2D eigenvalue weighted by Gasteiger charge is 2.27. The Morgan fingerprint density at radius 2 is 1.62 bits per heavy atom. The Kier molecular flexibility index (Phi) is 7.04. The fourth-order valence-electron chi connectivity index (χ4n) is 4.70. The highest BCUT2D eigenvalue weighted by molar-refractivity contribution is 6.30. The minimum atomic E-state index is 0.0138. The van der Waals surface area contributed by atoms with Crippen LogP contribution in [0.4, 0.5) is 4.79 Å². The number of piperazine rings is 1. The Morgan fingerprint density at radius 3 is 2.28 bits per heavy atom. The molecule has 1 aliphatic carbocycles. The SMILES string of the molecule is Cc1nn(-c2ccc(Cl)cc2)c(C)c1CC(=O)N1CCN(C(=O)NC2CCCCC2)CC1. The van der Waals surface area contributed by atoms with Crippen LogP contribution in [0.25, 0.3) is 5.69 Å². The van der Waals surface area contributed by atoms with Gasteiger partial charge in [0, 0.05) is 48.5 Å². The van der Waals surface area contributed by atoms with Crippen molar-refractivity contribution in [2.45, 2.75) is 58.4 Å². The molecular weight excluding hydrogens is 426 g/mol. The number of rotatable bonds is 4. The number of carbonyl (C=O) groups excluding carboxylic acids is 2. The molecule has 2 heterocycles. The molecule has 0 spiro atoms. The molecule has 2 aromatic rings. The number of hydrogen-bond acceptors (Lipinski definition) is 3. The number of amides is 3. The molecule has 2 aliphatic rings. The van der Waals surface area contributed by atoms with E-state index in [1.54, 1.807) is 0 Å². The number of halogens is 1. The summed E-state index contributed by atoms with van der Waals surface area (Å²) in [6.07, 6.45) is 6.13. The van der Waals surface area contributed by atoms with Crippen LogP contribution in [0.2, 0.25) is 5.02 Å². The second-order valence-electron chi connectivity index (χ2n) is 8.87. The molecule has 1 N–H and O–H groups in total. The third-order valence-corrected chi connectivity index (χ3v) is 6.94. The fourth-order valence-corrected chi connectivity index (χ4v) is 4.83. The number of hydrogen-bond donors (Lipinski definition) is 1. The number of aryl methyl sites for hydroxylation is 1. The zero-order chi connectivity index (χ0) is 22.7. The van der Waals surface area contributed by atoms with E-state index in [0.29, 0.717) is 43.7 Å². The molecule has 0 bridgehead atoms. The Labute approximate surface area is 194 Å². The van der Waals surface area contributed by atoms with Crippen molar-refractivity contribution >= 4 is 23.5 Å². The van der Waals surface area contributed by atoms with Crippen molar-refractivity contribution in [2.75, 3.05) is 26.2 Å². The van der Waals surface area contributed by atoms with E-state index in [4.69, 9.17) is 11.6 Å². The molecule has 0 atom stereocenters. The van der Waals surface area contributed by atoms with Crippen LogP contribution in [0.1, 0.15) is 49.1 Å². The average molecular weight is 458 g/mol. The van der Waals surface area contributed by atoms with Gasteiger partial charge in [-0.1, -0.05) is 30.9 Å². The first kappa shape index (κ1) is 22.6. The highest BCUT2D eigenvalue weighted by Crippen LogP contribution is 2.21. The van der Waals surface area contributed by atoms with Crippen LogP contribution in [-0.2, 0) is 11.2 Å². The van der Waals surface area contributed by atoms with Crippen LogP contribution in [0.15, 0.2) is 24.3 Å². The molecule has 1 aromatic carbocycles. The summed E-state index contributed by atoms with van der Waals surface area (Å²) in [5, 5.41) is 8.49. The van der Waals surface area contributed by atoms with E-state index < -0.39 is 0 Å². The normalized spacial score (nSPS) is 17.5. The van der Waals surface area contributed by atoms with Crippen molar-refractivity contribution in [1.29, 1.82) is 0 Å². The van der Waals surface area contributed by atoms with E-state index in [1.165, 1.54) is 19.3 Å². The predicted molar refractivity (Wildman–Crippen MR) is 125 cm³/mol. The van der Waals surface area contributed by atoms with Crippen molar-refractivity contribution in [2.24, 2.45) is 0 Å². The van der Waals surface area contributed by atoms with Gasteiger partial charge in [-0.3, -0.25) is 4.79 Å². The average Bonchev–Trinajstić information content (AvgIpc) is 3.08. The Balaban J connectivity index is 1.33. The molecule has 3 amide bonds. The van der Waals surface area contributed by atoms with Crippen molar-refractivity contribution in [3.8, 4) is 5.69 Å². The molecule has 8 heteroatoms. The van der Waals surface area contributed by atoms with Gasteiger partial charge in [0.1, 0.15) is 0 Å². The first-order valence-corrected chi connectivity index (χ1v) is 11.9. The summed E-state index contributed by atoms with van der Waals surface area (Å²) in [7, 11) is 0. The van der Waals surface area contributed by atoms with Crippen LogP contribution in [0, 0.1) is 13.8 Å². The van der Waals surface area contributed by atoms with E-state index in [-0.39, 0.29) is 11.9 Å². The lowest BCUT2D eigenvalue weighted by Gasteiger charge is -2.36. The molecule has 1 aromatic heterocycles. The molecule has 172 valence electrons. The minimum absolute atomic E-state index is 0.0138. The first-order valence-electron chi connectivity index (χ1n) is 11.6. The molecular formula is C24H32ClN5O2. The maximum absolute atomic E-state index is 13.0. The molecule has 0 radical (unpaired) electrons. The summed E-state index contributed by atoms with van der Waals surface area (Å²) >= 11 is 6.00. The van der Waals surface area contributed by atoms with Gasteiger partial charge in [-0.05, 0) is 51.0 Å². The van der Waals surface area contributed by atoms with Crippen LogP contribution >= 0.6 is 11.6 Å². The van der Waals surface area contributed by atoms with E-state index in [1.807, 2.05) is 52.6 Å². The van der Waals surface area contributed by atoms with Gasteiger partial charge in [-0.15, -0.1) is 0 Å². The molecule has 32 heavy (non-hydrogen) atoms. The molecule has 1 aliphatic heterocycles. The molecule has 0 unspecified atom stereocenters. The number of nitrogens with one attached hydrogen (secondary N) is 1. The van der Waals surface area contributed by atoms with Gasteiger partial charge in [-0.2, -0.15) is 5.10 Å². The van der Waals surface area contributed by atoms with E-state index >= 15 is 0 Å². The Hall–Kier alpha value is -2.54. The zero-order valence-corrected chi connectivity index (χ0v) is 19.7. The zero-order valence-electron chi connectivity index (χ0n) is 18.9. The largest absolute Gasteiger partial charge is 0.339 e. The van der Waals surface area contributed by atoms with Gasteiger partial charge in [0.25, 0.3) is 0 Å². The van der Waals surface area contributed by atoms with E-state index in [0.717, 1.165) is 35.5 Å². The number of carbonyl (C=O) groups is 2. The maximum Gasteiger partial charge on any atom is 0.317 e. The fraction of sp³-hybridized carbons (Fsp3) is 0.542. The third-order valence-electron chi connectivity index (χ3n) is 6.69. The number of nitrogens with zero attached hydrogens (tertiary/aromatic N) is 4. The van der Waals surface area contributed by atoms with Gasteiger partial charge >= 0.3 is 6.03 Å². The molecule has 1 saturated carbocycles. The van der Waals surface area contributed by atoms with Crippen LogP contribution < -0.4 is 5.32 Å². The summed E-state index contributed by atoms with van der Waals surface area (Å²) in [6, 6.07) is 7.83. The molecule has 7 nitrogen and oxygen atoms in total. The lowest BCUT2D eigenvalue weighted by Crippen LogP contribution is -2.55. The summed E-state index contributed by atoms with van der Waals surface area (Å²) in [5.74, 6) is 0.0826. The van der Waals surface area contributed by atoms with Gasteiger partial charge in [-0.25, -0.2) is 9.48 Å². The maximum atomic E-state index is 13.0. The van der Waals surface area contributed by atoms with Crippen molar-refractivity contribution in [3.05, 3.63) is 46.2 Å². The van der Waals surface area contributed by atoms with Crippen LogP contribution in [-0.4, -0.2) is 63.7 Å². The number of benzene rings is 1. The van der Waals surface area contributed by atoms with Crippen LogP contribution in [0.5, 0.6) is 0 Å². The quantitative estimate of drug-likeness (QED) is 0.757. The van der Waals surface area contributed by atoms with Gasteiger partial charge in [0.2, 0.25) is 5.91 Å². The number of aromatic nitrogens is 2. The summed E-state index contributed by atoms with van der Waals surface area (Å²) in [5.41, 5.74) is 3.70. The van der Waals surface area contributed by atoms with Gasteiger partial charge in [0.15, 0.2) is 0 Å². The second-order valence-corrected chi connectivity index (χ2v) is 9.30. The van der Waals surface area contributed by atoms with Crippen molar-refractivity contribution < 1.29 is 9.59 Å². The lowest BCUT2D eigenvalue weighted by molar-refractivity contribution is -0.131. The topological polar surface area (TPSA) is 70.5 Å². The monoisotopic (exact) mass is 457 g/mol. The molecule has 4 rings (SSSR count). The van der Waals surface area contributed by atoms with Gasteiger partial charge < -0.3 is 15.1 Å². The number of urea groups is 1. The Morgan fingerprint density at radius 1 is 1.00 bits per heavy atom. The summed E-state index contributed by atoms with van der Waals surface area (Å²) in [4.78, 5) is 29.3. The first-order chi connectivity index (χ1) is 15.4. The minimum Gasteiger partial charge on any atom is -0.339 e. The summed E-state index contributed by atoms with van der Waals surface area (Å²) in [6.45, 7) is 6.22. The highest BCUT2D eigenvalue weighted by atomic mass is 35.5. The van der Waals surface area contributed by atoms with E-state index in [2.05, 4.69) is 10.4 Å². The van der Waals surface area contributed by atoms with E-state index in [9.17, 15) is 9.59 Å². The Bertz CT molecular complexity index is 958. The molecule has 1 saturated heterocycles. The third kappa shape index (κ3) is 5.09. The standard InChI is InChI=1S/C24H32ClN5O2/c1-17-22(18(2)30(27-17)21-10-8-19(25)9-11-21)16-23(31)28-12-14-29(15-13-28)24(32)26-20-6-4-3-5-7-20/h8-11,20H,3-7,12-16H2,1-2H3,(H,26,32). The van der Waals surface area contributed by atoms with Crippen molar-refractivity contribution in [3.63, 3.8) is 0 Å². The van der Waals surface area contributed by atoms with Crippen molar-refractivity contribution in [1.82, 2.24) is 24.9 Å². The second kappa shape index (κ2) is 9.94. The predicted octanol–water partition coefficient (Wildman–Crippen LogP) is 3.87. The lowest BCUT2D eigenvalue weighted by atomic mass is 9.96. The molecule has 2 fully saturated rings. The van der Waals surface area contributed by atoms with Gasteiger partial charge in [0.05, 0.1) is 17.8 Å². The van der Waals surface area contributed by atoms with Crippen LogP contribution in [0.3, 0.4) is 0 Å². The summed E-state index contributed by atoms with van der Waals surface area (Å²) < 4.78 is 1.86. The smallest absolute Gasteiger partial charge is 0.317 e.